The van der Waals surface area contributed by atoms with Crippen molar-refractivity contribution in [2.75, 3.05) is 11.4 Å². The van der Waals surface area contributed by atoms with Gasteiger partial charge in [-0.1, -0.05) is 12.1 Å². The summed E-state index contributed by atoms with van der Waals surface area (Å²) in [4.78, 5) is 36.8. The molecule has 0 bridgehead atoms. The Morgan fingerprint density at radius 1 is 1.36 bits per heavy atom. The maximum atomic E-state index is 12.2. The van der Waals surface area contributed by atoms with Gasteiger partial charge in [-0.3, -0.25) is 14.4 Å². The van der Waals surface area contributed by atoms with Crippen molar-refractivity contribution in [3.8, 4) is 0 Å². The third-order valence-corrected chi connectivity index (χ3v) is 4.02. The predicted molar refractivity (Wildman–Crippen MR) is 81.1 cm³/mol. The number of ether oxygens (including phenoxy) is 1. The van der Waals surface area contributed by atoms with Gasteiger partial charge in [-0.15, -0.1) is 0 Å². The second-order valence-electron chi connectivity index (χ2n) is 5.61. The summed E-state index contributed by atoms with van der Waals surface area (Å²) in [6, 6.07) is 5.71. The molecule has 2 N–H and O–H groups in total. The van der Waals surface area contributed by atoms with Crippen LogP contribution in [0.1, 0.15) is 24.5 Å². The van der Waals surface area contributed by atoms with Gasteiger partial charge in [-0.2, -0.15) is 0 Å². The number of nitrogens with two attached hydrogens (primary N) is 1. The molecule has 1 saturated heterocycles. The van der Waals surface area contributed by atoms with Gasteiger partial charge in [0.25, 0.3) is 5.91 Å². The Bertz CT molecular complexity index is 627. The van der Waals surface area contributed by atoms with E-state index in [1.165, 1.54) is 6.92 Å². The Balaban J connectivity index is 2.12. The molecule has 0 radical (unpaired) electrons. The van der Waals surface area contributed by atoms with Gasteiger partial charge in [0, 0.05) is 18.7 Å². The minimum absolute atomic E-state index is 0.0810. The maximum Gasteiger partial charge on any atom is 0.312 e. The number of amides is 2. The standard InChI is InChI=1S/C16H20N2O4/c1-9-5-4-6-13(10(9)2)18-8-12(7-14(18)19)16(21)22-11(3)15(17)20/h4-6,11-12H,7-8H2,1-3H3,(H2,17,20)/t11-,12+/m1/s1. The molecule has 118 valence electrons. The lowest BCUT2D eigenvalue weighted by Crippen LogP contribution is -2.33. The Morgan fingerprint density at radius 3 is 2.68 bits per heavy atom. The van der Waals surface area contributed by atoms with Gasteiger partial charge in [0.05, 0.1) is 5.92 Å². The number of hydrogen-bond acceptors (Lipinski definition) is 4. The van der Waals surface area contributed by atoms with Gasteiger partial charge >= 0.3 is 5.97 Å². The molecule has 0 aliphatic carbocycles. The summed E-state index contributed by atoms with van der Waals surface area (Å²) in [5, 5.41) is 0. The number of anilines is 1. The molecule has 2 amide bonds. The fourth-order valence-electron chi connectivity index (χ4n) is 2.45. The average molecular weight is 304 g/mol. The number of nitrogens with zero attached hydrogens (tertiary/aromatic N) is 1. The lowest BCUT2D eigenvalue weighted by Gasteiger charge is -2.20. The number of primary amides is 1. The molecule has 1 aliphatic rings. The minimum atomic E-state index is -0.989. The van der Waals surface area contributed by atoms with Gasteiger partial charge in [-0.25, -0.2) is 0 Å². The van der Waals surface area contributed by atoms with E-state index < -0.39 is 23.9 Å². The molecular formula is C16H20N2O4. The molecule has 1 aliphatic heterocycles. The van der Waals surface area contributed by atoms with Crippen molar-refractivity contribution in [3.05, 3.63) is 29.3 Å². The summed E-state index contributed by atoms with van der Waals surface area (Å²) in [6.07, 6.45) is -0.908. The number of rotatable bonds is 4. The first-order chi connectivity index (χ1) is 10.3. The molecular weight excluding hydrogens is 284 g/mol. The molecule has 0 saturated carbocycles. The second kappa shape index (κ2) is 6.17. The first kappa shape index (κ1) is 16.0. The molecule has 1 fully saturated rings. The molecule has 1 heterocycles. The van der Waals surface area contributed by atoms with Crippen LogP contribution in [0.15, 0.2) is 18.2 Å². The first-order valence-corrected chi connectivity index (χ1v) is 7.17. The Hall–Kier alpha value is -2.37. The summed E-state index contributed by atoms with van der Waals surface area (Å²) < 4.78 is 4.99. The fourth-order valence-corrected chi connectivity index (χ4v) is 2.45. The zero-order valence-electron chi connectivity index (χ0n) is 13.0. The molecule has 22 heavy (non-hydrogen) atoms. The van der Waals surface area contributed by atoms with E-state index in [1.807, 2.05) is 32.0 Å². The van der Waals surface area contributed by atoms with Crippen molar-refractivity contribution in [1.82, 2.24) is 0 Å². The number of esters is 1. The quantitative estimate of drug-likeness (QED) is 0.843. The van der Waals surface area contributed by atoms with Crippen molar-refractivity contribution in [2.45, 2.75) is 33.3 Å². The van der Waals surface area contributed by atoms with E-state index in [-0.39, 0.29) is 18.9 Å². The van der Waals surface area contributed by atoms with Gasteiger partial charge in [0.1, 0.15) is 0 Å². The summed E-state index contributed by atoms with van der Waals surface area (Å²) in [7, 11) is 0. The van der Waals surface area contributed by atoms with E-state index in [1.54, 1.807) is 4.90 Å². The zero-order chi connectivity index (χ0) is 16.4. The molecule has 6 heteroatoms. The lowest BCUT2D eigenvalue weighted by atomic mass is 10.1. The van der Waals surface area contributed by atoms with E-state index in [0.717, 1.165) is 16.8 Å². The van der Waals surface area contributed by atoms with Gasteiger partial charge in [0.15, 0.2) is 6.10 Å². The molecule has 1 aromatic carbocycles. The highest BCUT2D eigenvalue weighted by Crippen LogP contribution is 2.29. The molecule has 0 unspecified atom stereocenters. The number of carbonyl (C=O) groups is 3. The van der Waals surface area contributed by atoms with Crippen molar-refractivity contribution >= 4 is 23.5 Å². The SMILES string of the molecule is Cc1cccc(N2C[C@@H](C(=O)O[C@H](C)C(N)=O)CC2=O)c1C. The lowest BCUT2D eigenvalue weighted by molar-refractivity contribution is -0.157. The van der Waals surface area contributed by atoms with Crippen LogP contribution < -0.4 is 10.6 Å². The van der Waals surface area contributed by atoms with Crippen molar-refractivity contribution in [1.29, 1.82) is 0 Å². The number of aryl methyl sites for hydroxylation is 1. The largest absolute Gasteiger partial charge is 0.452 e. The molecule has 0 aromatic heterocycles. The highest BCUT2D eigenvalue weighted by Gasteiger charge is 2.37. The van der Waals surface area contributed by atoms with Crippen molar-refractivity contribution in [2.24, 2.45) is 11.7 Å². The number of hydrogen-bond donors (Lipinski definition) is 1. The topological polar surface area (TPSA) is 89.7 Å². The van der Waals surface area contributed by atoms with Crippen LogP contribution >= 0.6 is 0 Å². The minimum Gasteiger partial charge on any atom is -0.452 e. The van der Waals surface area contributed by atoms with Crippen LogP contribution in [0.3, 0.4) is 0 Å². The summed E-state index contributed by atoms with van der Waals surface area (Å²) in [5.74, 6) is -1.96. The van der Waals surface area contributed by atoms with Gasteiger partial charge in [-0.05, 0) is 38.0 Å². The molecule has 2 rings (SSSR count). The molecule has 0 spiro atoms. The number of carbonyl (C=O) groups excluding carboxylic acids is 3. The van der Waals surface area contributed by atoms with Crippen molar-refractivity contribution < 1.29 is 19.1 Å². The third-order valence-electron chi connectivity index (χ3n) is 4.02. The average Bonchev–Trinajstić information content (AvgIpc) is 2.83. The fraction of sp³-hybridized carbons (Fsp3) is 0.438. The monoisotopic (exact) mass is 304 g/mol. The van der Waals surface area contributed by atoms with Crippen LogP contribution in [0.25, 0.3) is 0 Å². The Labute approximate surface area is 129 Å². The predicted octanol–water partition coefficient (Wildman–Crippen LogP) is 1.07. The van der Waals surface area contributed by atoms with Crippen LogP contribution in [0.4, 0.5) is 5.69 Å². The van der Waals surface area contributed by atoms with Crippen molar-refractivity contribution in [3.63, 3.8) is 0 Å². The van der Waals surface area contributed by atoms with E-state index in [2.05, 4.69) is 0 Å². The molecule has 6 nitrogen and oxygen atoms in total. The normalized spacial score (nSPS) is 19.1. The van der Waals surface area contributed by atoms with E-state index in [9.17, 15) is 14.4 Å². The van der Waals surface area contributed by atoms with Crippen LogP contribution in [-0.2, 0) is 19.1 Å². The summed E-state index contributed by atoms with van der Waals surface area (Å²) in [5.41, 5.74) is 7.97. The van der Waals surface area contributed by atoms with E-state index in [4.69, 9.17) is 10.5 Å². The molecule has 2 atom stereocenters. The smallest absolute Gasteiger partial charge is 0.312 e. The zero-order valence-corrected chi connectivity index (χ0v) is 13.0. The summed E-state index contributed by atoms with van der Waals surface area (Å²) in [6.45, 7) is 5.59. The Morgan fingerprint density at radius 2 is 2.05 bits per heavy atom. The van der Waals surface area contributed by atoms with E-state index in [0.29, 0.717) is 0 Å². The third kappa shape index (κ3) is 3.10. The van der Waals surface area contributed by atoms with Crippen LogP contribution in [0.5, 0.6) is 0 Å². The highest BCUT2D eigenvalue weighted by molar-refractivity contribution is 6.00. The first-order valence-electron chi connectivity index (χ1n) is 7.17. The van der Waals surface area contributed by atoms with Crippen LogP contribution in [0, 0.1) is 19.8 Å². The van der Waals surface area contributed by atoms with E-state index >= 15 is 0 Å². The van der Waals surface area contributed by atoms with Crippen LogP contribution in [-0.4, -0.2) is 30.4 Å². The molecule has 1 aromatic rings. The van der Waals surface area contributed by atoms with Gasteiger partial charge in [0.2, 0.25) is 5.91 Å². The van der Waals surface area contributed by atoms with Crippen LogP contribution in [0.2, 0.25) is 0 Å². The maximum absolute atomic E-state index is 12.2. The summed E-state index contributed by atoms with van der Waals surface area (Å²) >= 11 is 0. The second-order valence-corrected chi connectivity index (χ2v) is 5.61. The highest BCUT2D eigenvalue weighted by atomic mass is 16.5. The van der Waals surface area contributed by atoms with Gasteiger partial charge < -0.3 is 15.4 Å². The number of benzene rings is 1. The Kier molecular flexibility index (Phi) is 4.49.